The summed E-state index contributed by atoms with van der Waals surface area (Å²) in [5.74, 6) is -0.636. The second-order valence-electron chi connectivity index (χ2n) is 19.7. The van der Waals surface area contributed by atoms with Crippen molar-refractivity contribution in [3.8, 4) is 11.5 Å². The summed E-state index contributed by atoms with van der Waals surface area (Å²) in [7, 11) is -2.76. The van der Waals surface area contributed by atoms with Crippen molar-refractivity contribution in [2.45, 2.75) is 82.2 Å². The van der Waals surface area contributed by atoms with Crippen LogP contribution in [0.1, 0.15) is 75.6 Å². The molecule has 2 aromatic heterocycles. The molecule has 1 amide bonds. The van der Waals surface area contributed by atoms with E-state index in [-0.39, 0.29) is 47.2 Å². The predicted octanol–water partition coefficient (Wildman–Crippen LogP) is 8.29. The summed E-state index contributed by atoms with van der Waals surface area (Å²) in [5.41, 5.74) is 1.27. The van der Waals surface area contributed by atoms with Gasteiger partial charge in [-0.15, -0.1) is 0 Å². The first-order chi connectivity index (χ1) is 30.3. The lowest BCUT2D eigenvalue weighted by Gasteiger charge is -2.72. The number of pyridine rings is 1. The molecule has 3 N–H and O–H groups in total. The number of sulfonamides is 1. The van der Waals surface area contributed by atoms with Crippen LogP contribution in [0.25, 0.3) is 11.0 Å². The van der Waals surface area contributed by atoms with Crippen LogP contribution in [-0.2, 0) is 10.0 Å². The van der Waals surface area contributed by atoms with Gasteiger partial charge in [0.2, 0.25) is 6.43 Å². The van der Waals surface area contributed by atoms with E-state index in [0.717, 1.165) is 62.1 Å². The number of halogens is 3. The predicted molar refractivity (Wildman–Crippen MR) is 237 cm³/mol. The maximum absolute atomic E-state index is 15.5. The number of allylic oxidation sites excluding steroid dienone is 1. The summed E-state index contributed by atoms with van der Waals surface area (Å²) in [6.07, 6.45) is 6.30. The molecule has 18 heteroatoms. The van der Waals surface area contributed by atoms with Crippen molar-refractivity contribution in [1.82, 2.24) is 24.5 Å². The molecule has 0 atom stereocenters. The molecule has 0 spiro atoms. The van der Waals surface area contributed by atoms with Gasteiger partial charge in [0.1, 0.15) is 28.5 Å². The largest absolute Gasteiger partial charge is 0.455 e. The maximum atomic E-state index is 15.5. The Bertz CT molecular complexity index is 2600. The Kier molecular flexibility index (Phi) is 11.2. The molecule has 2 aliphatic heterocycles. The maximum Gasteiger partial charge on any atom is 0.293 e. The number of piperidine rings is 1. The third-order valence-corrected chi connectivity index (χ3v) is 15.8. The number of nitrogens with one attached hydrogen (secondary N) is 3. The Morgan fingerprint density at radius 1 is 1.00 bits per heavy atom. The fourth-order valence-electron chi connectivity index (χ4n) is 10.7. The number of nitro benzene ring substituents is 1. The SMILES string of the molecule is CN1CCC(F)(CNc2ccc(S(=O)(=O)NC(=O)c3ccc(N4CCN(CC5=C(C67CC(C(F)F)(C6)C7)CC(C)(C)CC5)CC4)cc3Oc3cnc4[nH]ccc4c3)cc2[N+](=O)[O-])CC1. The van der Waals surface area contributed by atoms with E-state index in [2.05, 4.69) is 43.7 Å². The van der Waals surface area contributed by atoms with Crippen molar-refractivity contribution in [3.05, 3.63) is 87.7 Å². The summed E-state index contributed by atoms with van der Waals surface area (Å²) in [6.45, 7) is 9.12. The third-order valence-electron chi connectivity index (χ3n) is 14.5. The van der Waals surface area contributed by atoms with Crippen LogP contribution in [0.5, 0.6) is 11.5 Å². The average molecular weight is 905 g/mol. The van der Waals surface area contributed by atoms with Gasteiger partial charge < -0.3 is 24.8 Å². The standard InChI is InChI=1S/C46H55F3N8O6S/c1-43(2)10-8-31(36(23-43)44-26-45(27-44,28-44)42(47)48)25-55-16-18-56(19-17-55)32-4-6-35(39(21-32)63-33-20-30-9-13-50-40(30)51-24-33)41(58)53-64(61,62)34-5-7-37(38(22-34)57(59)60)52-29-46(49)11-14-54(3)15-12-46/h4-7,9,13,20-22,24,42,52H,8,10-12,14-19,23,25-29H2,1-3H3,(H,50,51)(H,53,58). The number of ether oxygens (including phenoxy) is 1. The number of hydrogen-bond acceptors (Lipinski definition) is 11. The zero-order valence-corrected chi connectivity index (χ0v) is 37.2. The van der Waals surface area contributed by atoms with Crippen molar-refractivity contribution >= 4 is 44.0 Å². The average Bonchev–Trinajstić information content (AvgIpc) is 3.69. The zero-order valence-electron chi connectivity index (χ0n) is 36.4. The Morgan fingerprint density at radius 2 is 1.73 bits per heavy atom. The highest BCUT2D eigenvalue weighted by atomic mass is 32.2. The first-order valence-corrected chi connectivity index (χ1v) is 23.5. The van der Waals surface area contributed by atoms with Gasteiger partial charge in [0, 0.05) is 87.2 Å². The van der Waals surface area contributed by atoms with E-state index in [9.17, 15) is 32.1 Å². The minimum absolute atomic E-state index is 0.0407. The number of carbonyl (C=O) groups excluding carboxylic acids is 1. The number of likely N-dealkylation sites (tertiary alicyclic amines) is 1. The van der Waals surface area contributed by atoms with Crippen molar-refractivity contribution in [2.75, 3.05) is 69.6 Å². The molecular weight excluding hydrogens is 850 g/mol. The van der Waals surface area contributed by atoms with Crippen LogP contribution >= 0.6 is 0 Å². The molecule has 4 aliphatic carbocycles. The number of hydrogen-bond donors (Lipinski definition) is 3. The molecule has 10 rings (SSSR count). The first-order valence-electron chi connectivity index (χ1n) is 22.0. The van der Waals surface area contributed by atoms with E-state index in [0.29, 0.717) is 56.8 Å². The van der Waals surface area contributed by atoms with Crippen LogP contribution in [0.4, 0.5) is 30.2 Å². The van der Waals surface area contributed by atoms with Crippen molar-refractivity contribution in [3.63, 3.8) is 0 Å². The highest BCUT2D eigenvalue weighted by Crippen LogP contribution is 2.79. The summed E-state index contributed by atoms with van der Waals surface area (Å²) in [4.78, 5) is 38.8. The number of aromatic nitrogens is 2. The highest BCUT2D eigenvalue weighted by molar-refractivity contribution is 7.90. The quantitative estimate of drug-likeness (QED) is 0.0633. The minimum atomic E-state index is -4.65. The number of aromatic amines is 1. The van der Waals surface area contributed by atoms with Gasteiger partial charge in [0.05, 0.1) is 21.6 Å². The van der Waals surface area contributed by atoms with E-state index in [1.165, 1.54) is 29.5 Å². The van der Waals surface area contributed by atoms with E-state index in [4.69, 9.17) is 4.74 Å². The van der Waals surface area contributed by atoms with Crippen LogP contribution in [0.3, 0.4) is 0 Å². The molecule has 6 aliphatic rings. The van der Waals surface area contributed by atoms with Gasteiger partial charge in [0.25, 0.3) is 21.6 Å². The van der Waals surface area contributed by atoms with Crippen LogP contribution in [0.2, 0.25) is 0 Å². The highest BCUT2D eigenvalue weighted by Gasteiger charge is 2.73. The van der Waals surface area contributed by atoms with Gasteiger partial charge in [0.15, 0.2) is 0 Å². The van der Waals surface area contributed by atoms with Crippen molar-refractivity contribution < 1.29 is 36.0 Å². The lowest BCUT2D eigenvalue weighted by atomic mass is 9.32. The lowest BCUT2D eigenvalue weighted by Crippen LogP contribution is -2.66. The van der Waals surface area contributed by atoms with Crippen LogP contribution in [-0.4, -0.2) is 111 Å². The summed E-state index contributed by atoms with van der Waals surface area (Å²) < 4.78 is 78.8. The zero-order chi connectivity index (χ0) is 45.2. The van der Waals surface area contributed by atoms with Gasteiger partial charge in [-0.3, -0.25) is 19.8 Å². The number of nitro groups is 1. The number of carbonyl (C=O) groups is 1. The first kappa shape index (κ1) is 44.0. The smallest absolute Gasteiger partial charge is 0.293 e. The van der Waals surface area contributed by atoms with Gasteiger partial charge >= 0.3 is 0 Å². The minimum Gasteiger partial charge on any atom is -0.455 e. The molecule has 342 valence electrons. The van der Waals surface area contributed by atoms with Gasteiger partial charge in [-0.05, 0) is 106 Å². The number of anilines is 2. The van der Waals surface area contributed by atoms with Gasteiger partial charge in [-0.2, -0.15) is 0 Å². The Labute approximate surface area is 370 Å². The van der Waals surface area contributed by atoms with E-state index in [1.807, 2.05) is 18.0 Å². The molecule has 2 aromatic carbocycles. The van der Waals surface area contributed by atoms with Gasteiger partial charge in [-0.25, -0.2) is 31.3 Å². The van der Waals surface area contributed by atoms with Crippen molar-refractivity contribution in [1.29, 1.82) is 0 Å². The number of nitrogens with zero attached hydrogens (tertiary/aromatic N) is 5. The van der Waals surface area contributed by atoms with Crippen LogP contribution < -0.4 is 19.7 Å². The van der Waals surface area contributed by atoms with Gasteiger partial charge in [-0.1, -0.05) is 25.0 Å². The number of H-pyrrole nitrogens is 1. The topological polar surface area (TPSA) is 166 Å². The monoisotopic (exact) mass is 904 g/mol. The van der Waals surface area contributed by atoms with Crippen LogP contribution in [0.15, 0.2) is 77.0 Å². The molecule has 3 saturated carbocycles. The molecule has 0 radical (unpaired) electrons. The fourth-order valence-corrected chi connectivity index (χ4v) is 11.7. The normalized spacial score (nSPS) is 24.6. The molecule has 0 unspecified atom stereocenters. The Balaban J connectivity index is 0.915. The number of piperazine rings is 1. The van der Waals surface area contributed by atoms with E-state index in [1.54, 1.807) is 24.4 Å². The van der Waals surface area contributed by atoms with E-state index >= 15 is 4.39 Å². The molecule has 4 heterocycles. The fraction of sp³-hybridized carbons (Fsp3) is 0.522. The second-order valence-corrected chi connectivity index (χ2v) is 21.4. The number of rotatable bonds is 14. The van der Waals surface area contributed by atoms with E-state index < -0.39 is 48.9 Å². The number of benzene rings is 2. The summed E-state index contributed by atoms with van der Waals surface area (Å²) >= 11 is 0. The molecular formula is C46H55F3N8O6S. The molecule has 5 fully saturated rings. The molecule has 2 saturated heterocycles. The van der Waals surface area contributed by atoms with Crippen LogP contribution in [0, 0.1) is 26.4 Å². The number of fused-ring (bicyclic) bond motifs is 1. The molecule has 2 bridgehead atoms. The van der Waals surface area contributed by atoms with Crippen molar-refractivity contribution in [2.24, 2.45) is 16.2 Å². The molecule has 14 nitrogen and oxygen atoms in total. The Morgan fingerprint density at radius 3 is 2.44 bits per heavy atom. The number of amides is 1. The lowest BCUT2D eigenvalue weighted by molar-refractivity contribution is -0.384. The third kappa shape index (κ3) is 8.55. The Hall–Kier alpha value is -5.20. The summed E-state index contributed by atoms with van der Waals surface area (Å²) in [5, 5.41) is 15.7. The molecule has 64 heavy (non-hydrogen) atoms. The number of alkyl halides is 3. The second kappa shape index (κ2) is 16.3. The molecule has 4 aromatic rings. The summed E-state index contributed by atoms with van der Waals surface area (Å²) in [6, 6.07) is 11.7.